The van der Waals surface area contributed by atoms with E-state index in [2.05, 4.69) is 41.3 Å². The molecule has 2 aromatic carbocycles. The molecular weight excluding hydrogens is 310 g/mol. The minimum atomic E-state index is 0.697. The Bertz CT molecular complexity index is 671. The van der Waals surface area contributed by atoms with E-state index in [0.717, 1.165) is 44.0 Å². The zero-order chi connectivity index (χ0) is 17.5. The first-order valence-electron chi connectivity index (χ1n) is 9.14. The highest BCUT2D eigenvalue weighted by Crippen LogP contribution is 2.11. The summed E-state index contributed by atoms with van der Waals surface area (Å²) in [7, 11) is 0. The van der Waals surface area contributed by atoms with E-state index < -0.39 is 0 Å². The normalized spacial score (nSPS) is 15.7. The highest BCUT2D eigenvalue weighted by molar-refractivity contribution is 5.79. The van der Waals surface area contributed by atoms with Crippen LogP contribution < -0.4 is 9.64 Å². The largest absolute Gasteiger partial charge is 0.494 e. The summed E-state index contributed by atoms with van der Waals surface area (Å²) in [5, 5.41) is 6.81. The van der Waals surface area contributed by atoms with Crippen LogP contribution in [0.2, 0.25) is 0 Å². The van der Waals surface area contributed by atoms with E-state index in [0.29, 0.717) is 6.61 Å². The maximum absolute atomic E-state index is 5.46. The van der Waals surface area contributed by atoms with E-state index in [1.54, 1.807) is 4.90 Å². The fourth-order valence-corrected chi connectivity index (χ4v) is 3.06. The molecule has 1 aliphatic rings. The highest BCUT2D eigenvalue weighted by Gasteiger charge is 2.18. The molecule has 0 atom stereocenters. The van der Waals surface area contributed by atoms with Gasteiger partial charge >= 0.3 is 0 Å². The van der Waals surface area contributed by atoms with Gasteiger partial charge in [-0.25, -0.2) is 0 Å². The van der Waals surface area contributed by atoms with Crippen molar-refractivity contribution in [1.29, 1.82) is 0 Å². The summed E-state index contributed by atoms with van der Waals surface area (Å²) in [5.41, 5.74) is 3.86. The standard InChI is InChI=1S/C21H27N3O/c1-3-25-21-10-8-19(9-11-21)16-22-24-14-12-23(13-15-24)17-20-6-4-18(2)5-7-20/h4-11,16H,3,12-15,17H2,1-2H3/p+1. The van der Waals surface area contributed by atoms with E-state index in [1.165, 1.54) is 11.1 Å². The zero-order valence-corrected chi connectivity index (χ0v) is 15.2. The molecule has 1 saturated heterocycles. The van der Waals surface area contributed by atoms with Crippen LogP contribution in [0.4, 0.5) is 0 Å². The first kappa shape index (κ1) is 17.5. The van der Waals surface area contributed by atoms with Crippen molar-refractivity contribution in [2.45, 2.75) is 20.4 Å². The van der Waals surface area contributed by atoms with Crippen molar-refractivity contribution in [3.05, 3.63) is 65.2 Å². The Morgan fingerprint density at radius 1 is 1.04 bits per heavy atom. The molecule has 0 unspecified atom stereocenters. The summed E-state index contributed by atoms with van der Waals surface area (Å²) in [5.74, 6) is 0.910. The minimum absolute atomic E-state index is 0.697. The summed E-state index contributed by atoms with van der Waals surface area (Å²) < 4.78 is 5.46. The van der Waals surface area contributed by atoms with Crippen molar-refractivity contribution in [3.63, 3.8) is 0 Å². The van der Waals surface area contributed by atoms with Gasteiger partial charge in [0.1, 0.15) is 12.3 Å². The number of benzene rings is 2. The van der Waals surface area contributed by atoms with Gasteiger partial charge in [0.25, 0.3) is 0 Å². The van der Waals surface area contributed by atoms with Crippen LogP contribution in [-0.4, -0.2) is 44.0 Å². The molecule has 1 aliphatic heterocycles. The monoisotopic (exact) mass is 338 g/mol. The Balaban J connectivity index is 1.46. The second kappa shape index (κ2) is 8.67. The average molecular weight is 338 g/mol. The number of piperazine rings is 1. The topological polar surface area (TPSA) is 29.3 Å². The number of ether oxygens (including phenoxy) is 1. The van der Waals surface area contributed by atoms with Crippen molar-refractivity contribution in [2.75, 3.05) is 32.8 Å². The number of hydrazone groups is 1. The molecule has 1 fully saturated rings. The maximum Gasteiger partial charge on any atom is 0.119 e. The summed E-state index contributed by atoms with van der Waals surface area (Å²) in [6.45, 7) is 10.2. The van der Waals surface area contributed by atoms with E-state index >= 15 is 0 Å². The molecule has 4 heteroatoms. The molecule has 0 bridgehead atoms. The molecule has 0 aliphatic carbocycles. The third-order valence-corrected chi connectivity index (χ3v) is 4.58. The first-order chi connectivity index (χ1) is 12.2. The number of hydrogen-bond acceptors (Lipinski definition) is 3. The van der Waals surface area contributed by atoms with Gasteiger partial charge in [-0.2, -0.15) is 5.10 Å². The van der Waals surface area contributed by atoms with E-state index in [9.17, 15) is 0 Å². The molecule has 0 radical (unpaired) electrons. The number of nitrogens with one attached hydrogen (secondary N) is 1. The molecule has 0 amide bonds. The van der Waals surface area contributed by atoms with Crippen LogP contribution in [0.15, 0.2) is 53.6 Å². The fraction of sp³-hybridized carbons (Fsp3) is 0.381. The molecule has 1 N–H and O–H groups in total. The number of aryl methyl sites for hydroxylation is 1. The third-order valence-electron chi connectivity index (χ3n) is 4.58. The van der Waals surface area contributed by atoms with Crippen molar-refractivity contribution >= 4 is 6.21 Å². The zero-order valence-electron chi connectivity index (χ0n) is 15.2. The van der Waals surface area contributed by atoms with Gasteiger partial charge in [0.05, 0.1) is 39.0 Å². The van der Waals surface area contributed by atoms with Crippen LogP contribution >= 0.6 is 0 Å². The highest BCUT2D eigenvalue weighted by atomic mass is 16.5. The molecule has 25 heavy (non-hydrogen) atoms. The number of hydrogen-bond donors (Lipinski definition) is 1. The van der Waals surface area contributed by atoms with Crippen LogP contribution in [0, 0.1) is 6.92 Å². The molecule has 0 spiro atoms. The SMILES string of the molecule is CCOc1ccc(C=NN2CC[NH+](Cc3ccc(C)cc3)CC2)cc1. The van der Waals surface area contributed by atoms with Crippen LogP contribution in [-0.2, 0) is 6.54 Å². The molecule has 4 nitrogen and oxygen atoms in total. The summed E-state index contributed by atoms with van der Waals surface area (Å²) in [4.78, 5) is 1.64. The lowest BCUT2D eigenvalue weighted by Crippen LogP contribution is -3.13. The van der Waals surface area contributed by atoms with Gasteiger partial charge in [-0.1, -0.05) is 29.8 Å². The predicted molar refractivity (Wildman–Crippen MR) is 102 cm³/mol. The average Bonchev–Trinajstić information content (AvgIpc) is 2.64. The van der Waals surface area contributed by atoms with Crippen molar-refractivity contribution in [3.8, 4) is 5.75 Å². The molecule has 2 aromatic rings. The van der Waals surface area contributed by atoms with Crippen LogP contribution in [0.25, 0.3) is 0 Å². The van der Waals surface area contributed by atoms with Gasteiger partial charge in [-0.15, -0.1) is 0 Å². The fourth-order valence-electron chi connectivity index (χ4n) is 3.06. The second-order valence-corrected chi connectivity index (χ2v) is 6.61. The van der Waals surface area contributed by atoms with Gasteiger partial charge < -0.3 is 9.64 Å². The van der Waals surface area contributed by atoms with Gasteiger partial charge in [0, 0.05) is 5.56 Å². The van der Waals surface area contributed by atoms with Crippen LogP contribution in [0.3, 0.4) is 0 Å². The van der Waals surface area contributed by atoms with E-state index in [-0.39, 0.29) is 0 Å². The number of rotatable bonds is 6. The van der Waals surface area contributed by atoms with Gasteiger partial charge in [0.2, 0.25) is 0 Å². The summed E-state index contributed by atoms with van der Waals surface area (Å²) >= 11 is 0. The maximum atomic E-state index is 5.46. The molecule has 132 valence electrons. The van der Waals surface area contributed by atoms with Crippen molar-refractivity contribution in [2.24, 2.45) is 5.10 Å². The first-order valence-corrected chi connectivity index (χ1v) is 9.14. The lowest BCUT2D eigenvalue weighted by Gasteiger charge is -2.30. The molecule has 0 aromatic heterocycles. The van der Waals surface area contributed by atoms with Gasteiger partial charge in [-0.05, 0) is 43.7 Å². The second-order valence-electron chi connectivity index (χ2n) is 6.61. The predicted octanol–water partition coefficient (Wildman–Crippen LogP) is 2.13. The third kappa shape index (κ3) is 5.33. The Kier molecular flexibility index (Phi) is 6.07. The number of nitrogens with zero attached hydrogens (tertiary/aromatic N) is 2. The Morgan fingerprint density at radius 3 is 2.36 bits per heavy atom. The molecule has 0 saturated carbocycles. The van der Waals surface area contributed by atoms with Crippen molar-refractivity contribution < 1.29 is 9.64 Å². The summed E-state index contributed by atoms with van der Waals surface area (Å²) in [6, 6.07) is 17.0. The molecular formula is C21H28N3O+. The summed E-state index contributed by atoms with van der Waals surface area (Å²) in [6.07, 6.45) is 1.95. The quantitative estimate of drug-likeness (QED) is 0.818. The van der Waals surface area contributed by atoms with Crippen LogP contribution in [0.5, 0.6) is 5.75 Å². The van der Waals surface area contributed by atoms with E-state index in [4.69, 9.17) is 4.74 Å². The Labute approximate surface area is 150 Å². The van der Waals surface area contributed by atoms with Gasteiger partial charge in [0.15, 0.2) is 0 Å². The van der Waals surface area contributed by atoms with E-state index in [1.807, 2.05) is 37.4 Å². The van der Waals surface area contributed by atoms with Crippen molar-refractivity contribution in [1.82, 2.24) is 5.01 Å². The minimum Gasteiger partial charge on any atom is -0.494 e. The smallest absolute Gasteiger partial charge is 0.119 e. The Morgan fingerprint density at radius 2 is 1.72 bits per heavy atom. The Hall–Kier alpha value is -2.33. The van der Waals surface area contributed by atoms with Crippen LogP contribution in [0.1, 0.15) is 23.6 Å². The van der Waals surface area contributed by atoms with Gasteiger partial charge in [-0.3, -0.25) is 5.01 Å². The lowest BCUT2D eigenvalue weighted by molar-refractivity contribution is -0.918. The lowest BCUT2D eigenvalue weighted by atomic mass is 10.1. The molecule has 1 heterocycles. The number of quaternary nitrogens is 1. The molecule has 3 rings (SSSR count).